The number of nitrogens with zero attached hydrogens (tertiary/aromatic N) is 2. The number of hydrogen-bond donors (Lipinski definition) is 0. The van der Waals surface area contributed by atoms with Crippen LogP contribution in [0.5, 0.6) is 0 Å². The van der Waals surface area contributed by atoms with E-state index in [-0.39, 0.29) is 0 Å². The van der Waals surface area contributed by atoms with Crippen molar-refractivity contribution in [3.05, 3.63) is 231 Å². The molecule has 0 aliphatic carbocycles. The van der Waals surface area contributed by atoms with E-state index < -0.39 is 0 Å². The molecule has 11 aromatic rings. The maximum atomic E-state index is 2.48. The van der Waals surface area contributed by atoms with Crippen LogP contribution in [0, 0.1) is 0 Å². The normalized spacial score (nSPS) is 11.4. The summed E-state index contributed by atoms with van der Waals surface area (Å²) in [7, 11) is 0. The van der Waals surface area contributed by atoms with Gasteiger partial charge in [-0.05, 0) is 105 Å². The topological polar surface area (TPSA) is 7.65 Å². The highest BCUT2D eigenvalue weighted by molar-refractivity contribution is 6.22. The second-order valence-electron chi connectivity index (χ2n) is 14.9. The van der Waals surface area contributed by atoms with Crippen molar-refractivity contribution in [1.82, 2.24) is 4.40 Å². The molecule has 0 atom stereocenters. The van der Waals surface area contributed by atoms with Crippen molar-refractivity contribution >= 4 is 55.2 Å². The lowest BCUT2D eigenvalue weighted by Gasteiger charge is -2.27. The minimum absolute atomic E-state index is 1.09. The predicted molar refractivity (Wildman–Crippen MR) is 246 cm³/mol. The van der Waals surface area contributed by atoms with Crippen LogP contribution in [-0.4, -0.2) is 4.40 Å². The quantitative estimate of drug-likeness (QED) is 0.148. The van der Waals surface area contributed by atoms with Gasteiger partial charge in [0.15, 0.2) is 0 Å². The minimum atomic E-state index is 1.09. The van der Waals surface area contributed by atoms with Gasteiger partial charge in [0.05, 0.1) is 16.6 Å². The molecule has 58 heavy (non-hydrogen) atoms. The molecule has 2 nitrogen and oxygen atoms in total. The van der Waals surface area contributed by atoms with Crippen LogP contribution in [0.2, 0.25) is 0 Å². The van der Waals surface area contributed by atoms with Crippen molar-refractivity contribution in [3.8, 4) is 44.5 Å². The fraction of sp³-hybridized carbons (Fsp3) is 0. The summed E-state index contributed by atoms with van der Waals surface area (Å²) in [6.07, 6.45) is 0. The summed E-state index contributed by atoms with van der Waals surface area (Å²) in [5, 5.41) is 5.01. The molecule has 9 aromatic carbocycles. The number of hydrogen-bond acceptors (Lipinski definition) is 1. The van der Waals surface area contributed by atoms with Gasteiger partial charge < -0.3 is 9.30 Å². The highest BCUT2D eigenvalue weighted by Crippen LogP contribution is 2.44. The molecule has 2 aromatic heterocycles. The van der Waals surface area contributed by atoms with Gasteiger partial charge in [0.1, 0.15) is 0 Å². The van der Waals surface area contributed by atoms with Gasteiger partial charge in [-0.1, -0.05) is 170 Å². The average molecular weight is 739 g/mol. The van der Waals surface area contributed by atoms with Gasteiger partial charge in [0, 0.05) is 38.8 Å². The summed E-state index contributed by atoms with van der Waals surface area (Å²) in [5.41, 5.74) is 16.6. The summed E-state index contributed by atoms with van der Waals surface area (Å²) in [5.74, 6) is 0. The van der Waals surface area contributed by atoms with E-state index in [1.165, 1.54) is 82.6 Å². The number of aromatic nitrogens is 1. The zero-order valence-electron chi connectivity index (χ0n) is 31.8. The lowest BCUT2D eigenvalue weighted by atomic mass is 9.95. The third kappa shape index (κ3) is 5.74. The third-order valence-electron chi connectivity index (χ3n) is 11.5. The smallest absolute Gasteiger partial charge is 0.0626 e. The van der Waals surface area contributed by atoms with E-state index in [0.717, 1.165) is 17.1 Å². The van der Waals surface area contributed by atoms with Gasteiger partial charge >= 0.3 is 0 Å². The zero-order valence-corrected chi connectivity index (χ0v) is 31.8. The molecule has 11 rings (SSSR count). The molecule has 0 spiro atoms. The van der Waals surface area contributed by atoms with Crippen molar-refractivity contribution in [2.75, 3.05) is 4.90 Å². The molecule has 0 unspecified atom stereocenters. The molecule has 0 radical (unpaired) electrons. The summed E-state index contributed by atoms with van der Waals surface area (Å²) >= 11 is 0. The van der Waals surface area contributed by atoms with Crippen LogP contribution in [0.1, 0.15) is 0 Å². The van der Waals surface area contributed by atoms with Gasteiger partial charge in [-0.2, -0.15) is 0 Å². The van der Waals surface area contributed by atoms with Gasteiger partial charge in [0.2, 0.25) is 0 Å². The van der Waals surface area contributed by atoms with Crippen LogP contribution in [0.3, 0.4) is 0 Å². The Kier molecular flexibility index (Phi) is 8.19. The van der Waals surface area contributed by atoms with Crippen molar-refractivity contribution in [2.45, 2.75) is 0 Å². The molecule has 0 saturated carbocycles. The number of rotatable bonds is 7. The van der Waals surface area contributed by atoms with E-state index in [9.17, 15) is 0 Å². The van der Waals surface area contributed by atoms with Crippen molar-refractivity contribution in [1.29, 1.82) is 0 Å². The molecule has 0 fully saturated rings. The summed E-state index contributed by atoms with van der Waals surface area (Å²) < 4.78 is 2.48. The highest BCUT2D eigenvalue weighted by atomic mass is 15.1. The number of para-hydroxylation sites is 3. The molecule has 2 heteroatoms. The molecule has 0 bridgehead atoms. The fourth-order valence-electron chi connectivity index (χ4n) is 8.86. The first-order chi connectivity index (χ1) is 28.8. The Bertz CT molecular complexity index is 3180. The summed E-state index contributed by atoms with van der Waals surface area (Å²) in [6.45, 7) is 0. The molecular weight excluding hydrogens is 701 g/mol. The first-order valence-corrected chi connectivity index (χ1v) is 19.9. The molecule has 272 valence electrons. The monoisotopic (exact) mass is 738 g/mol. The Morgan fingerprint density at radius 3 is 1.34 bits per heavy atom. The van der Waals surface area contributed by atoms with Crippen LogP contribution in [0.4, 0.5) is 17.1 Å². The molecule has 0 N–H and O–H groups in total. The highest BCUT2D eigenvalue weighted by Gasteiger charge is 2.20. The molecule has 0 saturated heterocycles. The summed E-state index contributed by atoms with van der Waals surface area (Å²) in [6, 6.07) is 83.6. The van der Waals surface area contributed by atoms with Crippen molar-refractivity contribution in [3.63, 3.8) is 0 Å². The predicted octanol–water partition coefficient (Wildman–Crippen LogP) is 15.5. The van der Waals surface area contributed by atoms with Gasteiger partial charge in [0.25, 0.3) is 0 Å². The Morgan fingerprint density at radius 1 is 0.259 bits per heavy atom. The van der Waals surface area contributed by atoms with Crippen LogP contribution >= 0.6 is 0 Å². The second kappa shape index (κ2) is 14.1. The Morgan fingerprint density at radius 2 is 0.724 bits per heavy atom. The van der Waals surface area contributed by atoms with E-state index >= 15 is 0 Å². The number of fused-ring (bicyclic) bond motifs is 8. The first-order valence-electron chi connectivity index (χ1n) is 19.9. The summed E-state index contributed by atoms with van der Waals surface area (Å²) in [4.78, 5) is 2.37. The number of benzene rings is 9. The minimum Gasteiger partial charge on any atom is -0.310 e. The van der Waals surface area contributed by atoms with Crippen LogP contribution in [0.15, 0.2) is 231 Å². The Labute approximate surface area is 338 Å². The van der Waals surface area contributed by atoms with Crippen molar-refractivity contribution in [2.24, 2.45) is 0 Å². The maximum absolute atomic E-state index is 2.48. The first kappa shape index (κ1) is 33.6. The fourth-order valence-corrected chi connectivity index (χ4v) is 8.86. The third-order valence-corrected chi connectivity index (χ3v) is 11.5. The van der Waals surface area contributed by atoms with E-state index in [0.29, 0.717) is 0 Å². The lowest BCUT2D eigenvalue weighted by Crippen LogP contribution is -2.10. The molecular formula is C56H38N2. The maximum Gasteiger partial charge on any atom is 0.0626 e. The van der Waals surface area contributed by atoms with Crippen LogP contribution < -0.4 is 4.90 Å². The van der Waals surface area contributed by atoms with Gasteiger partial charge in [-0.25, -0.2) is 0 Å². The van der Waals surface area contributed by atoms with Crippen LogP contribution in [-0.2, 0) is 0 Å². The largest absolute Gasteiger partial charge is 0.310 e. The van der Waals surface area contributed by atoms with E-state index in [2.05, 4.69) is 240 Å². The number of anilines is 3. The molecule has 2 heterocycles. The molecule has 0 amide bonds. The van der Waals surface area contributed by atoms with Crippen molar-refractivity contribution < 1.29 is 0 Å². The lowest BCUT2D eigenvalue weighted by molar-refractivity contribution is 1.28. The number of pyridine rings is 1. The Balaban J connectivity index is 1.09. The SMILES string of the molecule is c1ccc(-c2cc(-c3ccccc3)cc(N(c3ccccc3)c3ccc(-c4ccc5c6ccccc6n6c7ccccc7c(-c7ccccc7)c6c5c4)cc3)c2)cc1. The van der Waals surface area contributed by atoms with Crippen LogP contribution in [0.25, 0.3) is 82.6 Å². The van der Waals surface area contributed by atoms with Gasteiger partial charge in [-0.15, -0.1) is 0 Å². The van der Waals surface area contributed by atoms with E-state index in [4.69, 9.17) is 0 Å². The van der Waals surface area contributed by atoms with E-state index in [1.807, 2.05) is 0 Å². The second-order valence-corrected chi connectivity index (χ2v) is 14.9. The van der Waals surface area contributed by atoms with Gasteiger partial charge in [-0.3, -0.25) is 0 Å². The molecule has 0 aliphatic rings. The molecule has 0 aliphatic heterocycles. The average Bonchev–Trinajstić information content (AvgIpc) is 3.66. The standard InChI is InChI=1S/C56H38N2/c1-5-17-39(18-6-1)44-35-45(40-19-7-2-8-20-40)37-48(36-44)57(46-23-11-4-12-24-46)47-32-29-41(30-33-47)43-31-34-49-50-25-13-15-27-53(50)58-54-28-16-14-26-51(54)55(56(58)52(49)38-43)42-21-9-3-10-22-42/h1-38H. The Hall–Kier alpha value is -7.68. The van der Waals surface area contributed by atoms with E-state index in [1.54, 1.807) is 0 Å². The zero-order chi connectivity index (χ0) is 38.4.